The Labute approximate surface area is 208 Å². The second-order valence-corrected chi connectivity index (χ2v) is 11.9. The van der Waals surface area contributed by atoms with Crippen LogP contribution in [0, 0.1) is 13.8 Å². The molecule has 0 fully saturated rings. The number of nitrogens with one attached hydrogen (secondary N) is 1. The molecule has 0 amide bonds. The number of aliphatic carboxylic acids is 1. The fourth-order valence-corrected chi connectivity index (χ4v) is 6.93. The number of carboxylic acid groups (broad SMARTS) is 1. The number of carbonyl (C=O) groups is 1. The third-order valence-corrected chi connectivity index (χ3v) is 9.18. The largest absolute Gasteiger partial charge is 0.489 e. The summed E-state index contributed by atoms with van der Waals surface area (Å²) in [4.78, 5) is 10.6. The molecule has 0 saturated carbocycles. The van der Waals surface area contributed by atoms with Gasteiger partial charge in [-0.25, -0.2) is 13.2 Å². The fraction of sp³-hybridized carbons (Fsp3) is 0.375. The molecule has 0 bridgehead atoms. The maximum absolute atomic E-state index is 12.9. The van der Waals surface area contributed by atoms with Gasteiger partial charge in [-0.3, -0.25) is 0 Å². The third-order valence-electron chi connectivity index (χ3n) is 5.17. The van der Waals surface area contributed by atoms with Crippen molar-refractivity contribution >= 4 is 48.8 Å². The van der Waals surface area contributed by atoms with Gasteiger partial charge in [0.2, 0.25) is 0 Å². The molecule has 3 aromatic rings. The number of fused-ring (bicyclic) bond motifs is 1. The maximum atomic E-state index is 12.9. The molecule has 1 atom stereocenters. The second-order valence-electron chi connectivity index (χ2n) is 8.07. The lowest BCUT2D eigenvalue weighted by Crippen LogP contribution is -2.30. The average molecular weight is 526 g/mol. The van der Waals surface area contributed by atoms with Crippen LogP contribution in [0.3, 0.4) is 0 Å². The van der Waals surface area contributed by atoms with Gasteiger partial charge in [-0.2, -0.15) is 0 Å². The SMILES string of the molecule is Cc1cc(OC(C)CNCCCS(=O)(=O)c2sc3ccc(Cl)cc3c2C)ccc1OCC(=O)O. The average Bonchev–Trinajstić information content (AvgIpc) is 3.09. The number of sulfone groups is 1. The molecule has 3 rings (SSSR count). The van der Waals surface area contributed by atoms with Gasteiger partial charge >= 0.3 is 5.97 Å². The smallest absolute Gasteiger partial charge is 0.341 e. The van der Waals surface area contributed by atoms with Gasteiger partial charge in [0.05, 0.1) is 5.75 Å². The van der Waals surface area contributed by atoms with Crippen LogP contribution in [0.1, 0.15) is 24.5 Å². The van der Waals surface area contributed by atoms with E-state index in [0.29, 0.717) is 40.2 Å². The van der Waals surface area contributed by atoms with Crippen LogP contribution in [0.25, 0.3) is 10.1 Å². The molecule has 0 aliphatic heterocycles. The Bertz CT molecular complexity index is 1270. The van der Waals surface area contributed by atoms with Gasteiger partial charge in [0.15, 0.2) is 16.4 Å². The second kappa shape index (κ2) is 11.4. The highest BCUT2D eigenvalue weighted by molar-refractivity contribution is 7.93. The van der Waals surface area contributed by atoms with Gasteiger partial charge in [0.1, 0.15) is 21.8 Å². The third kappa shape index (κ3) is 6.85. The summed E-state index contributed by atoms with van der Waals surface area (Å²) < 4.78 is 38.2. The molecule has 7 nitrogen and oxygen atoms in total. The molecule has 34 heavy (non-hydrogen) atoms. The van der Waals surface area contributed by atoms with Crippen molar-refractivity contribution in [2.24, 2.45) is 0 Å². The summed E-state index contributed by atoms with van der Waals surface area (Å²) >= 11 is 7.35. The number of aryl methyl sites for hydroxylation is 2. The lowest BCUT2D eigenvalue weighted by molar-refractivity contribution is -0.139. The van der Waals surface area contributed by atoms with Crippen LogP contribution in [-0.4, -0.2) is 51.0 Å². The topological polar surface area (TPSA) is 102 Å². The van der Waals surface area contributed by atoms with Crippen molar-refractivity contribution in [1.29, 1.82) is 0 Å². The Balaban J connectivity index is 1.45. The first kappa shape index (κ1) is 26.3. The zero-order valence-corrected chi connectivity index (χ0v) is 21.6. The quantitative estimate of drug-likeness (QED) is 0.326. The number of benzene rings is 2. The van der Waals surface area contributed by atoms with Crippen LogP contribution in [0.2, 0.25) is 5.02 Å². The van der Waals surface area contributed by atoms with E-state index in [0.717, 1.165) is 21.2 Å². The summed E-state index contributed by atoms with van der Waals surface area (Å²) in [6.07, 6.45) is 0.342. The van der Waals surface area contributed by atoms with Crippen LogP contribution in [0.4, 0.5) is 0 Å². The van der Waals surface area contributed by atoms with E-state index in [1.807, 2.05) is 32.9 Å². The van der Waals surface area contributed by atoms with Crippen LogP contribution in [-0.2, 0) is 14.6 Å². The summed E-state index contributed by atoms with van der Waals surface area (Å²) in [5.74, 6) is 0.181. The Kier molecular flexibility index (Phi) is 8.81. The van der Waals surface area contributed by atoms with E-state index in [4.69, 9.17) is 26.2 Å². The standard InChI is InChI=1S/C24H28ClNO6S2/c1-15-11-19(6-7-21(15)31-14-23(27)28)32-16(2)13-26-9-4-10-34(29,30)24-17(3)20-12-18(25)5-8-22(20)33-24/h5-8,11-12,16,26H,4,9-10,13-14H2,1-3H3,(H,27,28). The molecule has 2 aromatic carbocycles. The molecule has 0 aliphatic carbocycles. The van der Waals surface area contributed by atoms with E-state index < -0.39 is 22.4 Å². The van der Waals surface area contributed by atoms with E-state index in [9.17, 15) is 13.2 Å². The minimum Gasteiger partial charge on any atom is -0.489 e. The van der Waals surface area contributed by atoms with Crippen molar-refractivity contribution in [3.63, 3.8) is 0 Å². The van der Waals surface area contributed by atoms with E-state index in [1.165, 1.54) is 11.3 Å². The molecule has 1 unspecified atom stereocenters. The number of halogens is 1. The fourth-order valence-electron chi connectivity index (χ4n) is 3.52. The normalized spacial score (nSPS) is 12.6. The predicted octanol–water partition coefficient (Wildman–Crippen LogP) is 4.86. The minimum absolute atomic E-state index is 0.0631. The van der Waals surface area contributed by atoms with Crippen molar-refractivity contribution in [3.8, 4) is 11.5 Å². The van der Waals surface area contributed by atoms with Gasteiger partial charge in [-0.15, -0.1) is 11.3 Å². The molecule has 184 valence electrons. The van der Waals surface area contributed by atoms with Crippen molar-refractivity contribution in [1.82, 2.24) is 5.32 Å². The van der Waals surface area contributed by atoms with E-state index in [1.54, 1.807) is 24.3 Å². The first-order valence-electron chi connectivity index (χ1n) is 10.8. The molecule has 1 aromatic heterocycles. The lowest BCUT2D eigenvalue weighted by atomic mass is 10.2. The van der Waals surface area contributed by atoms with E-state index in [-0.39, 0.29) is 11.9 Å². The first-order chi connectivity index (χ1) is 16.1. The van der Waals surface area contributed by atoms with E-state index >= 15 is 0 Å². The number of thiophene rings is 1. The van der Waals surface area contributed by atoms with Gasteiger partial charge in [0.25, 0.3) is 0 Å². The monoisotopic (exact) mass is 525 g/mol. The molecule has 0 spiro atoms. The van der Waals surface area contributed by atoms with Crippen molar-refractivity contribution in [2.45, 2.75) is 37.5 Å². The highest BCUT2D eigenvalue weighted by atomic mass is 35.5. The molecule has 10 heteroatoms. The highest BCUT2D eigenvalue weighted by Gasteiger charge is 2.21. The minimum atomic E-state index is -3.38. The molecular formula is C24H28ClNO6S2. The molecule has 0 aliphatic rings. The Morgan fingerprint density at radius 1 is 1.21 bits per heavy atom. The van der Waals surface area contributed by atoms with Gasteiger partial charge < -0.3 is 19.9 Å². The number of hydrogen-bond acceptors (Lipinski definition) is 7. The summed E-state index contributed by atoms with van der Waals surface area (Å²) in [7, 11) is -3.38. The highest BCUT2D eigenvalue weighted by Crippen LogP contribution is 2.36. The van der Waals surface area contributed by atoms with Crippen LogP contribution >= 0.6 is 22.9 Å². The van der Waals surface area contributed by atoms with Gasteiger partial charge in [0, 0.05) is 16.3 Å². The first-order valence-corrected chi connectivity index (χ1v) is 13.7. The zero-order valence-electron chi connectivity index (χ0n) is 19.3. The van der Waals surface area contributed by atoms with Crippen LogP contribution in [0.5, 0.6) is 11.5 Å². The lowest BCUT2D eigenvalue weighted by Gasteiger charge is -2.17. The van der Waals surface area contributed by atoms with E-state index in [2.05, 4.69) is 5.32 Å². The maximum Gasteiger partial charge on any atom is 0.341 e. The summed E-state index contributed by atoms with van der Waals surface area (Å²) in [5, 5.41) is 13.4. The summed E-state index contributed by atoms with van der Waals surface area (Å²) in [5.41, 5.74) is 1.54. The predicted molar refractivity (Wildman–Crippen MR) is 136 cm³/mol. The molecule has 0 saturated heterocycles. The van der Waals surface area contributed by atoms with Crippen molar-refractivity contribution in [2.75, 3.05) is 25.4 Å². The molecule has 2 N–H and O–H groups in total. The summed E-state index contributed by atoms with van der Waals surface area (Å²) in [6.45, 7) is 6.26. The number of carboxylic acids is 1. The summed E-state index contributed by atoms with van der Waals surface area (Å²) in [6, 6.07) is 10.6. The van der Waals surface area contributed by atoms with Crippen molar-refractivity contribution < 1.29 is 27.8 Å². The van der Waals surface area contributed by atoms with Gasteiger partial charge in [-0.05, 0) is 86.6 Å². The molecule has 0 radical (unpaired) electrons. The number of ether oxygens (including phenoxy) is 2. The Morgan fingerprint density at radius 2 is 1.97 bits per heavy atom. The van der Waals surface area contributed by atoms with Crippen LogP contribution < -0.4 is 14.8 Å². The molecule has 1 heterocycles. The number of hydrogen-bond donors (Lipinski definition) is 2. The van der Waals surface area contributed by atoms with Crippen molar-refractivity contribution in [3.05, 3.63) is 52.5 Å². The number of rotatable bonds is 12. The zero-order chi connectivity index (χ0) is 24.9. The molecular weight excluding hydrogens is 498 g/mol. The van der Waals surface area contributed by atoms with Gasteiger partial charge in [-0.1, -0.05) is 11.6 Å². The Morgan fingerprint density at radius 3 is 2.68 bits per heavy atom. The van der Waals surface area contributed by atoms with Crippen LogP contribution in [0.15, 0.2) is 40.6 Å². The Hall–Kier alpha value is -2.33.